The van der Waals surface area contributed by atoms with E-state index in [2.05, 4.69) is 43.9 Å². The van der Waals surface area contributed by atoms with Gasteiger partial charge in [-0.25, -0.2) is 0 Å². The molecule has 2 rings (SSSR count). The van der Waals surface area contributed by atoms with Crippen LogP contribution in [0, 0.1) is 5.92 Å². The van der Waals surface area contributed by atoms with E-state index >= 15 is 0 Å². The smallest absolute Gasteiger partial charge is 0.000824 e. The third-order valence-electron chi connectivity index (χ3n) is 4.84. The number of allylic oxidation sites excluding steroid dienone is 3. The lowest BCUT2D eigenvalue weighted by atomic mass is 9.81. The summed E-state index contributed by atoms with van der Waals surface area (Å²) < 4.78 is 0. The molecule has 1 aromatic rings. The van der Waals surface area contributed by atoms with Crippen molar-refractivity contribution in [3.8, 4) is 0 Å². The Bertz CT molecular complexity index is 501. The second kappa shape index (κ2) is 8.95. The highest BCUT2D eigenvalue weighted by molar-refractivity contribution is 5.36. The van der Waals surface area contributed by atoms with Crippen molar-refractivity contribution in [2.45, 2.75) is 57.8 Å². The van der Waals surface area contributed by atoms with Crippen molar-refractivity contribution in [2.75, 3.05) is 6.54 Å². The van der Waals surface area contributed by atoms with E-state index in [-0.39, 0.29) is 0 Å². The molecular weight excluding hydrogens is 266 g/mol. The molecule has 22 heavy (non-hydrogen) atoms. The molecule has 1 aromatic carbocycles. The molecule has 0 heterocycles. The Balaban J connectivity index is 2.01. The Morgan fingerprint density at radius 3 is 2.91 bits per heavy atom. The van der Waals surface area contributed by atoms with Crippen LogP contribution in [0.15, 0.2) is 43.0 Å². The van der Waals surface area contributed by atoms with E-state index < -0.39 is 0 Å². The first-order chi connectivity index (χ1) is 10.8. The summed E-state index contributed by atoms with van der Waals surface area (Å²) in [5.41, 5.74) is 10.5. The molecule has 1 aliphatic carbocycles. The Morgan fingerprint density at radius 2 is 2.18 bits per heavy atom. The fourth-order valence-corrected chi connectivity index (χ4v) is 3.49. The summed E-state index contributed by atoms with van der Waals surface area (Å²) in [5, 5.41) is 0. The number of nitrogens with two attached hydrogens (primary N) is 1. The number of unbranched alkanes of at least 4 members (excludes halogenated alkanes) is 1. The summed E-state index contributed by atoms with van der Waals surface area (Å²) in [6.07, 6.45) is 15.0. The number of rotatable bonds is 8. The first kappa shape index (κ1) is 17.0. The zero-order valence-corrected chi connectivity index (χ0v) is 14.1. The molecule has 0 saturated carbocycles. The van der Waals surface area contributed by atoms with Crippen LogP contribution in [-0.2, 0) is 12.8 Å². The predicted octanol–water partition coefficient (Wildman–Crippen LogP) is 5.16. The van der Waals surface area contributed by atoms with Gasteiger partial charge in [0.15, 0.2) is 0 Å². The molecule has 0 spiro atoms. The van der Waals surface area contributed by atoms with Gasteiger partial charge in [-0.2, -0.15) is 0 Å². The van der Waals surface area contributed by atoms with E-state index in [0.29, 0.717) is 11.8 Å². The van der Waals surface area contributed by atoms with Crippen molar-refractivity contribution >= 4 is 0 Å². The largest absolute Gasteiger partial charge is 0.330 e. The van der Waals surface area contributed by atoms with Crippen LogP contribution in [0.3, 0.4) is 0 Å². The Hall–Kier alpha value is -1.34. The summed E-state index contributed by atoms with van der Waals surface area (Å²) in [5.74, 6) is 1.25. The van der Waals surface area contributed by atoms with Crippen molar-refractivity contribution in [1.29, 1.82) is 0 Å². The van der Waals surface area contributed by atoms with E-state index in [0.717, 1.165) is 19.4 Å². The number of hydrogen-bond donors (Lipinski definition) is 1. The van der Waals surface area contributed by atoms with Gasteiger partial charge in [-0.05, 0) is 73.6 Å². The van der Waals surface area contributed by atoms with E-state index in [1.54, 1.807) is 11.1 Å². The normalized spacial score (nSPS) is 19.1. The van der Waals surface area contributed by atoms with Crippen molar-refractivity contribution in [2.24, 2.45) is 11.7 Å². The molecule has 2 atom stereocenters. The topological polar surface area (TPSA) is 26.0 Å². The maximum atomic E-state index is 5.95. The standard InChI is InChI=1S/C21H31N/c1-3-5-6-7-9-17-10-11-19-15-20(13-12-18(19)14-17)21(16-22)8-4-2/h3,7,9,12-13,15,17,21H,1,4-6,8,10-11,14,16,22H2,2H3/b9-7+. The molecule has 0 saturated heterocycles. The third kappa shape index (κ3) is 4.58. The molecule has 0 aromatic heterocycles. The second-order valence-electron chi connectivity index (χ2n) is 6.55. The summed E-state index contributed by atoms with van der Waals surface area (Å²) in [4.78, 5) is 0. The molecule has 2 N–H and O–H groups in total. The lowest BCUT2D eigenvalue weighted by Crippen LogP contribution is -2.16. The summed E-state index contributed by atoms with van der Waals surface area (Å²) in [6, 6.07) is 7.10. The highest BCUT2D eigenvalue weighted by atomic mass is 14.5. The molecule has 0 amide bonds. The molecule has 0 fully saturated rings. The van der Waals surface area contributed by atoms with Crippen LogP contribution in [0.2, 0.25) is 0 Å². The molecule has 1 aliphatic rings. The molecular formula is C21H31N. The van der Waals surface area contributed by atoms with E-state index in [4.69, 9.17) is 5.73 Å². The van der Waals surface area contributed by atoms with Gasteiger partial charge in [-0.3, -0.25) is 0 Å². The molecule has 0 radical (unpaired) electrons. The summed E-state index contributed by atoms with van der Waals surface area (Å²) >= 11 is 0. The first-order valence-corrected chi connectivity index (χ1v) is 8.87. The summed E-state index contributed by atoms with van der Waals surface area (Å²) in [6.45, 7) is 6.78. The molecule has 0 bridgehead atoms. The maximum Gasteiger partial charge on any atom is -0.000824 e. The van der Waals surface area contributed by atoms with Gasteiger partial charge in [-0.15, -0.1) is 6.58 Å². The van der Waals surface area contributed by atoms with Crippen LogP contribution in [-0.4, -0.2) is 6.54 Å². The highest BCUT2D eigenvalue weighted by Crippen LogP contribution is 2.30. The number of fused-ring (bicyclic) bond motifs is 1. The highest BCUT2D eigenvalue weighted by Gasteiger charge is 2.18. The van der Waals surface area contributed by atoms with E-state index in [1.807, 2.05) is 6.08 Å². The van der Waals surface area contributed by atoms with E-state index in [1.165, 1.54) is 37.7 Å². The van der Waals surface area contributed by atoms with Crippen molar-refractivity contribution in [3.05, 3.63) is 59.7 Å². The predicted molar refractivity (Wildman–Crippen MR) is 97.2 cm³/mol. The average molecular weight is 297 g/mol. The molecule has 0 aliphatic heterocycles. The van der Waals surface area contributed by atoms with Crippen LogP contribution in [0.1, 0.15) is 61.6 Å². The molecule has 1 nitrogen and oxygen atoms in total. The second-order valence-corrected chi connectivity index (χ2v) is 6.55. The Labute approximate surface area is 136 Å². The minimum atomic E-state index is 0.534. The average Bonchev–Trinajstić information content (AvgIpc) is 2.56. The van der Waals surface area contributed by atoms with E-state index in [9.17, 15) is 0 Å². The molecule has 120 valence electrons. The minimum Gasteiger partial charge on any atom is -0.330 e. The lowest BCUT2D eigenvalue weighted by Gasteiger charge is -2.24. The van der Waals surface area contributed by atoms with Crippen LogP contribution in [0.5, 0.6) is 0 Å². The third-order valence-corrected chi connectivity index (χ3v) is 4.84. The van der Waals surface area contributed by atoms with Gasteiger partial charge in [0.2, 0.25) is 0 Å². The van der Waals surface area contributed by atoms with Crippen molar-refractivity contribution in [3.63, 3.8) is 0 Å². The fraction of sp³-hybridized carbons (Fsp3) is 0.524. The maximum absolute atomic E-state index is 5.95. The number of benzene rings is 1. The number of aryl methyl sites for hydroxylation is 1. The first-order valence-electron chi connectivity index (χ1n) is 8.87. The fourth-order valence-electron chi connectivity index (χ4n) is 3.49. The van der Waals surface area contributed by atoms with Gasteiger partial charge in [0.1, 0.15) is 0 Å². The lowest BCUT2D eigenvalue weighted by molar-refractivity contribution is 0.549. The van der Waals surface area contributed by atoms with Gasteiger partial charge >= 0.3 is 0 Å². The summed E-state index contributed by atoms with van der Waals surface area (Å²) in [7, 11) is 0. The van der Waals surface area contributed by atoms with Gasteiger partial charge in [0.25, 0.3) is 0 Å². The quantitative estimate of drug-likeness (QED) is 0.521. The molecule has 2 unspecified atom stereocenters. The van der Waals surface area contributed by atoms with Crippen LogP contribution < -0.4 is 5.73 Å². The van der Waals surface area contributed by atoms with Crippen LogP contribution in [0.4, 0.5) is 0 Å². The van der Waals surface area contributed by atoms with Crippen LogP contribution >= 0.6 is 0 Å². The Morgan fingerprint density at radius 1 is 1.32 bits per heavy atom. The van der Waals surface area contributed by atoms with Crippen molar-refractivity contribution in [1.82, 2.24) is 0 Å². The van der Waals surface area contributed by atoms with Gasteiger partial charge < -0.3 is 5.73 Å². The van der Waals surface area contributed by atoms with Gasteiger partial charge in [0, 0.05) is 0 Å². The monoisotopic (exact) mass is 297 g/mol. The SMILES string of the molecule is C=CCC/C=C/C1CCc2cc(C(CN)CCC)ccc2C1. The van der Waals surface area contributed by atoms with Crippen LogP contribution in [0.25, 0.3) is 0 Å². The Kier molecular flexibility index (Phi) is 6.92. The zero-order chi connectivity index (χ0) is 15.8. The minimum absolute atomic E-state index is 0.534. The number of hydrogen-bond acceptors (Lipinski definition) is 1. The van der Waals surface area contributed by atoms with Gasteiger partial charge in [0.05, 0.1) is 0 Å². The zero-order valence-electron chi connectivity index (χ0n) is 14.1. The van der Waals surface area contributed by atoms with Crippen molar-refractivity contribution < 1.29 is 0 Å². The molecule has 1 heteroatoms. The van der Waals surface area contributed by atoms with Gasteiger partial charge in [-0.1, -0.05) is 49.8 Å².